The first-order valence-corrected chi connectivity index (χ1v) is 7.15. The Morgan fingerprint density at radius 1 is 1.50 bits per heavy atom. The van der Waals surface area contributed by atoms with E-state index < -0.39 is 0 Å². The zero-order valence-corrected chi connectivity index (χ0v) is 11.9. The Morgan fingerprint density at radius 3 is 3.00 bits per heavy atom. The fraction of sp³-hybridized carbons (Fsp3) is 0.308. The molecule has 0 saturated heterocycles. The fourth-order valence-electron chi connectivity index (χ4n) is 1.68. The molecule has 0 aliphatic heterocycles. The van der Waals surface area contributed by atoms with Gasteiger partial charge in [-0.15, -0.1) is 11.3 Å². The van der Waals surface area contributed by atoms with E-state index in [0.29, 0.717) is 17.2 Å². The van der Waals surface area contributed by atoms with Crippen LogP contribution >= 0.6 is 11.3 Å². The van der Waals surface area contributed by atoms with Crippen molar-refractivity contribution in [3.63, 3.8) is 0 Å². The molecule has 0 saturated carbocycles. The smallest absolute Gasteiger partial charge is 0.261 e. The Bertz CT molecular complexity index is 551. The molecule has 1 atom stereocenters. The van der Waals surface area contributed by atoms with E-state index in [0.717, 1.165) is 0 Å². The molecular weight excluding hydrogens is 276 g/mol. The number of rotatable bonds is 6. The van der Waals surface area contributed by atoms with Gasteiger partial charge in [0.25, 0.3) is 5.91 Å². The monoisotopic (exact) mass is 292 g/mol. The minimum atomic E-state index is -0.175. The van der Waals surface area contributed by atoms with Crippen molar-refractivity contribution in [2.24, 2.45) is 0 Å². The quantitative estimate of drug-likeness (QED) is 0.753. The number of hydrogen-bond donors (Lipinski definition) is 3. The molecule has 0 spiro atoms. The molecule has 1 unspecified atom stereocenters. The van der Waals surface area contributed by atoms with Crippen LogP contribution in [0.3, 0.4) is 0 Å². The molecule has 106 valence electrons. The number of hydrogen-bond acceptors (Lipinski definition) is 4. The van der Waals surface area contributed by atoms with Crippen molar-refractivity contribution in [2.45, 2.75) is 19.4 Å². The van der Waals surface area contributed by atoms with Crippen LogP contribution in [0.15, 0.2) is 29.9 Å². The van der Waals surface area contributed by atoms with E-state index in [1.807, 2.05) is 18.4 Å². The Hall–Kier alpha value is -2.15. The number of nitrogens with one attached hydrogen (secondary N) is 3. The SMILES string of the molecule is CC(NC(=O)CCNC(=O)c1cccs1)c1ncc[nH]1. The van der Waals surface area contributed by atoms with Gasteiger partial charge in [-0.2, -0.15) is 0 Å². The highest BCUT2D eigenvalue weighted by molar-refractivity contribution is 7.12. The van der Waals surface area contributed by atoms with Crippen LogP contribution in [0.1, 0.15) is 34.9 Å². The van der Waals surface area contributed by atoms with Gasteiger partial charge in [0.1, 0.15) is 5.82 Å². The van der Waals surface area contributed by atoms with Crippen LogP contribution < -0.4 is 10.6 Å². The molecule has 20 heavy (non-hydrogen) atoms. The third-order valence-corrected chi connectivity index (χ3v) is 3.56. The Morgan fingerprint density at radius 2 is 2.35 bits per heavy atom. The maximum atomic E-state index is 11.7. The van der Waals surface area contributed by atoms with Gasteiger partial charge in [-0.25, -0.2) is 4.98 Å². The van der Waals surface area contributed by atoms with Crippen molar-refractivity contribution in [2.75, 3.05) is 6.54 Å². The van der Waals surface area contributed by atoms with Crippen LogP contribution in [0.5, 0.6) is 0 Å². The minimum absolute atomic E-state index is 0.125. The number of aromatic amines is 1. The molecule has 2 rings (SSSR count). The van der Waals surface area contributed by atoms with Gasteiger partial charge >= 0.3 is 0 Å². The summed E-state index contributed by atoms with van der Waals surface area (Å²) in [7, 11) is 0. The summed E-state index contributed by atoms with van der Waals surface area (Å²) in [5, 5.41) is 7.36. The highest BCUT2D eigenvalue weighted by Crippen LogP contribution is 2.08. The van der Waals surface area contributed by atoms with Crippen LogP contribution in [0.2, 0.25) is 0 Å². The predicted octanol–water partition coefficient (Wildman–Crippen LogP) is 1.47. The second kappa shape index (κ2) is 6.85. The molecule has 0 bridgehead atoms. The molecule has 2 aromatic rings. The van der Waals surface area contributed by atoms with E-state index in [9.17, 15) is 9.59 Å². The van der Waals surface area contributed by atoms with E-state index in [1.54, 1.807) is 18.5 Å². The number of aromatic nitrogens is 2. The van der Waals surface area contributed by atoms with Gasteiger partial charge < -0.3 is 15.6 Å². The van der Waals surface area contributed by atoms with Gasteiger partial charge in [0.15, 0.2) is 0 Å². The molecule has 2 aromatic heterocycles. The van der Waals surface area contributed by atoms with Crippen LogP contribution in [0.25, 0.3) is 0 Å². The maximum absolute atomic E-state index is 11.7. The number of carbonyl (C=O) groups is 2. The lowest BCUT2D eigenvalue weighted by molar-refractivity contribution is -0.121. The average molecular weight is 292 g/mol. The summed E-state index contributed by atoms with van der Waals surface area (Å²) in [6.45, 7) is 2.16. The fourth-order valence-corrected chi connectivity index (χ4v) is 2.32. The number of nitrogens with zero attached hydrogens (tertiary/aromatic N) is 1. The van der Waals surface area contributed by atoms with Crippen LogP contribution in [-0.2, 0) is 4.79 Å². The third kappa shape index (κ3) is 3.92. The van der Waals surface area contributed by atoms with Gasteiger partial charge in [-0.1, -0.05) is 6.07 Å². The summed E-state index contributed by atoms with van der Waals surface area (Å²) in [6.07, 6.45) is 3.58. The lowest BCUT2D eigenvalue weighted by Gasteiger charge is -2.11. The summed E-state index contributed by atoms with van der Waals surface area (Å²) < 4.78 is 0. The molecule has 6 nitrogen and oxygen atoms in total. The first kappa shape index (κ1) is 14.3. The Labute approximate surface area is 120 Å². The Kier molecular flexibility index (Phi) is 4.89. The standard InChI is InChI=1S/C13H16N4O2S/c1-9(12-14-6-7-15-12)17-11(18)4-5-16-13(19)10-3-2-8-20-10/h2-3,6-9H,4-5H2,1H3,(H,14,15)(H,16,19)(H,17,18). The molecule has 2 heterocycles. The predicted molar refractivity (Wildman–Crippen MR) is 76.4 cm³/mol. The molecule has 3 N–H and O–H groups in total. The molecule has 2 amide bonds. The molecule has 0 aliphatic carbocycles. The van der Waals surface area contributed by atoms with Crippen molar-refractivity contribution in [3.8, 4) is 0 Å². The summed E-state index contributed by atoms with van der Waals surface area (Å²) in [4.78, 5) is 31.0. The van der Waals surface area contributed by atoms with E-state index in [2.05, 4.69) is 20.6 Å². The van der Waals surface area contributed by atoms with Gasteiger partial charge in [0, 0.05) is 25.4 Å². The van der Waals surface area contributed by atoms with E-state index in [4.69, 9.17) is 0 Å². The van der Waals surface area contributed by atoms with Crippen molar-refractivity contribution in [3.05, 3.63) is 40.6 Å². The van der Waals surface area contributed by atoms with Crippen LogP contribution in [0.4, 0.5) is 0 Å². The summed E-state index contributed by atoms with van der Waals surface area (Å²) in [6, 6.07) is 3.39. The average Bonchev–Trinajstić information content (AvgIpc) is 3.12. The number of carbonyl (C=O) groups excluding carboxylic acids is 2. The number of thiophene rings is 1. The molecule has 7 heteroatoms. The van der Waals surface area contributed by atoms with Crippen LogP contribution in [0, 0.1) is 0 Å². The van der Waals surface area contributed by atoms with Gasteiger partial charge in [-0.3, -0.25) is 9.59 Å². The molecule has 0 aromatic carbocycles. The molecule has 0 fully saturated rings. The van der Waals surface area contributed by atoms with Crippen LogP contribution in [-0.4, -0.2) is 28.3 Å². The van der Waals surface area contributed by atoms with Crippen molar-refractivity contribution < 1.29 is 9.59 Å². The lowest BCUT2D eigenvalue weighted by Crippen LogP contribution is -2.32. The van der Waals surface area contributed by atoms with Gasteiger partial charge in [0.05, 0.1) is 10.9 Å². The van der Waals surface area contributed by atoms with E-state index >= 15 is 0 Å². The van der Waals surface area contributed by atoms with Crippen molar-refractivity contribution in [1.29, 1.82) is 0 Å². The van der Waals surface area contributed by atoms with Crippen molar-refractivity contribution >= 4 is 23.2 Å². The number of imidazole rings is 1. The third-order valence-electron chi connectivity index (χ3n) is 2.69. The topological polar surface area (TPSA) is 86.9 Å². The second-order valence-corrected chi connectivity index (χ2v) is 5.19. The van der Waals surface area contributed by atoms with Crippen molar-refractivity contribution in [1.82, 2.24) is 20.6 Å². The number of amides is 2. The zero-order valence-electron chi connectivity index (χ0n) is 11.1. The second-order valence-electron chi connectivity index (χ2n) is 4.25. The molecular formula is C13H16N4O2S. The maximum Gasteiger partial charge on any atom is 0.261 e. The largest absolute Gasteiger partial charge is 0.351 e. The molecule has 0 radical (unpaired) electrons. The van der Waals surface area contributed by atoms with E-state index in [1.165, 1.54) is 11.3 Å². The summed E-state index contributed by atoms with van der Waals surface area (Å²) in [5.74, 6) is 0.438. The number of H-pyrrole nitrogens is 1. The normalized spacial score (nSPS) is 11.8. The Balaban J connectivity index is 1.69. The molecule has 0 aliphatic rings. The first-order valence-electron chi connectivity index (χ1n) is 6.27. The van der Waals surface area contributed by atoms with Gasteiger partial charge in [-0.05, 0) is 18.4 Å². The highest BCUT2D eigenvalue weighted by atomic mass is 32.1. The van der Waals surface area contributed by atoms with Gasteiger partial charge in [0.2, 0.25) is 5.91 Å². The summed E-state index contributed by atoms with van der Waals surface area (Å²) in [5.41, 5.74) is 0. The highest BCUT2D eigenvalue weighted by Gasteiger charge is 2.12. The summed E-state index contributed by atoms with van der Waals surface area (Å²) >= 11 is 1.37. The zero-order chi connectivity index (χ0) is 14.4. The first-order chi connectivity index (χ1) is 9.66. The minimum Gasteiger partial charge on any atom is -0.351 e. The lowest BCUT2D eigenvalue weighted by atomic mass is 10.3. The van der Waals surface area contributed by atoms with E-state index in [-0.39, 0.29) is 24.3 Å².